The molecule has 0 unspecified atom stereocenters. The van der Waals surface area contributed by atoms with Crippen LogP contribution in [0.5, 0.6) is 0 Å². The van der Waals surface area contributed by atoms with E-state index in [0.29, 0.717) is 5.69 Å². The van der Waals surface area contributed by atoms with Gasteiger partial charge in [-0.2, -0.15) is 5.10 Å². The Kier molecular flexibility index (Phi) is 3.47. The van der Waals surface area contributed by atoms with Gasteiger partial charge >= 0.3 is 0 Å². The van der Waals surface area contributed by atoms with Crippen molar-refractivity contribution in [3.05, 3.63) is 42.1 Å². The number of hydrogen-bond acceptors (Lipinski definition) is 4. The second kappa shape index (κ2) is 5.22. The van der Waals surface area contributed by atoms with E-state index in [1.807, 2.05) is 25.1 Å². The fourth-order valence-corrected chi connectivity index (χ4v) is 1.42. The van der Waals surface area contributed by atoms with E-state index in [9.17, 15) is 4.79 Å². The smallest absolute Gasteiger partial charge is 0.290 e. The van der Waals surface area contributed by atoms with Crippen molar-refractivity contribution >= 4 is 12.1 Å². The third kappa shape index (κ3) is 2.60. The van der Waals surface area contributed by atoms with Crippen LogP contribution in [-0.4, -0.2) is 26.7 Å². The van der Waals surface area contributed by atoms with Gasteiger partial charge < -0.3 is 0 Å². The fraction of sp³-hybridized carbons (Fsp3) is 0.167. The number of imidazole rings is 1. The number of pyridine rings is 1. The lowest BCUT2D eigenvalue weighted by molar-refractivity contribution is 0.0950. The van der Waals surface area contributed by atoms with E-state index >= 15 is 0 Å². The maximum Gasteiger partial charge on any atom is 0.291 e. The largest absolute Gasteiger partial charge is 0.291 e. The molecule has 2 aromatic rings. The average Bonchev–Trinajstić information content (AvgIpc) is 2.85. The molecule has 0 spiro atoms. The zero-order valence-corrected chi connectivity index (χ0v) is 10.2. The van der Waals surface area contributed by atoms with Gasteiger partial charge in [0.15, 0.2) is 0 Å². The standard InChI is InChI=1S/C12H13N5O/c1-3-14-16-12(18)10-7-17(8-13-10)11-6-4-5-9(2)15-11/h3-8H,1-2H3,(H,16,18)/b14-3-. The Morgan fingerprint density at radius 3 is 3.06 bits per heavy atom. The van der Waals surface area contributed by atoms with Crippen molar-refractivity contribution < 1.29 is 4.79 Å². The van der Waals surface area contributed by atoms with E-state index in [1.54, 1.807) is 24.0 Å². The first-order chi connectivity index (χ1) is 8.70. The number of nitrogens with one attached hydrogen (secondary N) is 1. The molecule has 6 heteroatoms. The Morgan fingerprint density at radius 2 is 2.33 bits per heavy atom. The minimum absolute atomic E-state index is 0.295. The molecule has 92 valence electrons. The van der Waals surface area contributed by atoms with Crippen LogP contribution in [0.25, 0.3) is 5.82 Å². The highest BCUT2D eigenvalue weighted by Gasteiger charge is 2.09. The number of amides is 1. The van der Waals surface area contributed by atoms with E-state index in [4.69, 9.17) is 0 Å². The third-order valence-electron chi connectivity index (χ3n) is 2.25. The summed E-state index contributed by atoms with van der Waals surface area (Å²) in [5.74, 6) is 0.375. The van der Waals surface area contributed by atoms with E-state index in [1.165, 1.54) is 6.21 Å². The zero-order chi connectivity index (χ0) is 13.0. The number of carbonyl (C=O) groups is 1. The summed E-state index contributed by atoms with van der Waals surface area (Å²) in [6.07, 6.45) is 4.66. The molecule has 2 rings (SSSR count). The third-order valence-corrected chi connectivity index (χ3v) is 2.25. The van der Waals surface area contributed by atoms with Crippen molar-refractivity contribution in [3.8, 4) is 5.82 Å². The summed E-state index contributed by atoms with van der Waals surface area (Å²) >= 11 is 0. The Hall–Kier alpha value is -2.50. The molecular weight excluding hydrogens is 230 g/mol. The van der Waals surface area contributed by atoms with Gasteiger partial charge in [0.2, 0.25) is 0 Å². The molecule has 1 amide bonds. The van der Waals surface area contributed by atoms with Crippen molar-refractivity contribution in [2.75, 3.05) is 0 Å². The van der Waals surface area contributed by atoms with Gasteiger partial charge in [-0.1, -0.05) is 6.07 Å². The number of nitrogens with zero attached hydrogens (tertiary/aromatic N) is 4. The fourth-order valence-electron chi connectivity index (χ4n) is 1.42. The average molecular weight is 243 g/mol. The highest BCUT2D eigenvalue weighted by molar-refractivity contribution is 5.92. The molecule has 0 aliphatic rings. The van der Waals surface area contributed by atoms with Crippen LogP contribution < -0.4 is 5.43 Å². The van der Waals surface area contributed by atoms with Crippen molar-refractivity contribution in [2.24, 2.45) is 5.10 Å². The van der Waals surface area contributed by atoms with Crippen LogP contribution in [0.3, 0.4) is 0 Å². The summed E-state index contributed by atoms with van der Waals surface area (Å²) in [4.78, 5) is 19.9. The Balaban J connectivity index is 2.23. The van der Waals surface area contributed by atoms with Gasteiger partial charge in [0.05, 0.1) is 0 Å². The normalized spacial score (nSPS) is 10.8. The molecule has 0 aliphatic carbocycles. The summed E-state index contributed by atoms with van der Waals surface area (Å²) < 4.78 is 1.69. The zero-order valence-electron chi connectivity index (χ0n) is 10.2. The molecule has 0 fully saturated rings. The van der Waals surface area contributed by atoms with Crippen LogP contribution in [0.2, 0.25) is 0 Å². The number of rotatable bonds is 3. The molecule has 0 radical (unpaired) electrons. The second-order valence-electron chi connectivity index (χ2n) is 3.63. The molecule has 18 heavy (non-hydrogen) atoms. The molecule has 0 bridgehead atoms. The maximum absolute atomic E-state index is 11.6. The summed E-state index contributed by atoms with van der Waals surface area (Å²) in [7, 11) is 0. The van der Waals surface area contributed by atoms with Crippen LogP contribution in [0.15, 0.2) is 35.8 Å². The number of hydrogen-bond donors (Lipinski definition) is 1. The van der Waals surface area contributed by atoms with Crippen molar-refractivity contribution in [2.45, 2.75) is 13.8 Å². The lowest BCUT2D eigenvalue weighted by atomic mass is 10.4. The van der Waals surface area contributed by atoms with Crippen LogP contribution in [0.1, 0.15) is 23.1 Å². The van der Waals surface area contributed by atoms with Gasteiger partial charge in [0, 0.05) is 18.1 Å². The minimum atomic E-state index is -0.348. The van der Waals surface area contributed by atoms with Gasteiger partial charge in [-0.3, -0.25) is 9.36 Å². The number of carbonyl (C=O) groups excluding carboxylic acids is 1. The predicted molar refractivity (Wildman–Crippen MR) is 67.7 cm³/mol. The first-order valence-electron chi connectivity index (χ1n) is 5.46. The van der Waals surface area contributed by atoms with E-state index < -0.39 is 0 Å². The Bertz CT molecular complexity index is 588. The highest BCUT2D eigenvalue weighted by atomic mass is 16.2. The summed E-state index contributed by atoms with van der Waals surface area (Å²) in [5.41, 5.74) is 3.56. The topological polar surface area (TPSA) is 72.2 Å². The molecule has 6 nitrogen and oxygen atoms in total. The van der Waals surface area contributed by atoms with Gasteiger partial charge in [-0.15, -0.1) is 0 Å². The van der Waals surface area contributed by atoms with Gasteiger partial charge in [0.25, 0.3) is 5.91 Å². The first-order valence-corrected chi connectivity index (χ1v) is 5.46. The molecular formula is C12H13N5O. The first kappa shape index (κ1) is 12.0. The van der Waals surface area contributed by atoms with Gasteiger partial charge in [-0.25, -0.2) is 15.4 Å². The number of aromatic nitrogens is 3. The molecule has 2 heterocycles. The predicted octanol–water partition coefficient (Wildman–Crippen LogP) is 1.31. The Labute approximate surface area is 104 Å². The van der Waals surface area contributed by atoms with Crippen molar-refractivity contribution in [3.63, 3.8) is 0 Å². The molecule has 1 N–H and O–H groups in total. The highest BCUT2D eigenvalue weighted by Crippen LogP contribution is 2.06. The molecule has 0 aromatic carbocycles. The van der Waals surface area contributed by atoms with Crippen LogP contribution in [-0.2, 0) is 0 Å². The van der Waals surface area contributed by atoms with Crippen LogP contribution >= 0.6 is 0 Å². The van der Waals surface area contributed by atoms with E-state index in [0.717, 1.165) is 11.5 Å². The SMILES string of the molecule is C/C=N\NC(=O)c1cn(-c2cccc(C)n2)cn1. The lowest BCUT2D eigenvalue weighted by Crippen LogP contribution is -2.17. The molecule has 0 atom stereocenters. The van der Waals surface area contributed by atoms with Crippen molar-refractivity contribution in [1.29, 1.82) is 0 Å². The molecule has 2 aromatic heterocycles. The Morgan fingerprint density at radius 1 is 1.50 bits per heavy atom. The number of aryl methyl sites for hydroxylation is 1. The summed E-state index contributed by atoms with van der Waals surface area (Å²) in [6, 6.07) is 5.66. The van der Waals surface area contributed by atoms with E-state index in [2.05, 4.69) is 20.5 Å². The number of hydrazone groups is 1. The lowest BCUT2D eigenvalue weighted by Gasteiger charge is -2.00. The van der Waals surface area contributed by atoms with Gasteiger partial charge in [0.1, 0.15) is 17.8 Å². The van der Waals surface area contributed by atoms with E-state index in [-0.39, 0.29) is 5.91 Å². The minimum Gasteiger partial charge on any atom is -0.290 e. The second-order valence-corrected chi connectivity index (χ2v) is 3.63. The quantitative estimate of drug-likeness (QED) is 0.652. The monoisotopic (exact) mass is 243 g/mol. The molecule has 0 saturated carbocycles. The van der Waals surface area contributed by atoms with Crippen LogP contribution in [0.4, 0.5) is 0 Å². The molecule has 0 aliphatic heterocycles. The van der Waals surface area contributed by atoms with Crippen molar-refractivity contribution in [1.82, 2.24) is 20.0 Å². The summed E-state index contributed by atoms with van der Waals surface area (Å²) in [5, 5.41) is 3.65. The molecule has 0 saturated heterocycles. The van der Waals surface area contributed by atoms with Crippen LogP contribution in [0, 0.1) is 6.92 Å². The van der Waals surface area contributed by atoms with Gasteiger partial charge in [-0.05, 0) is 26.0 Å². The summed E-state index contributed by atoms with van der Waals surface area (Å²) in [6.45, 7) is 3.62. The maximum atomic E-state index is 11.6.